The Labute approximate surface area is 104 Å². The van der Waals surface area contributed by atoms with E-state index in [-0.39, 0.29) is 5.41 Å². The van der Waals surface area contributed by atoms with Crippen molar-refractivity contribution < 1.29 is 4.21 Å². The monoisotopic (exact) mass is 244 g/mol. The fourth-order valence-corrected chi connectivity index (χ4v) is 4.71. The van der Waals surface area contributed by atoms with E-state index < -0.39 is 10.8 Å². The largest absolute Gasteiger partial charge is 0.259 e. The van der Waals surface area contributed by atoms with Crippen molar-refractivity contribution in [2.75, 3.05) is 5.75 Å². The Balaban J connectivity index is 2.74. The van der Waals surface area contributed by atoms with Gasteiger partial charge in [-0.2, -0.15) is 0 Å². The lowest BCUT2D eigenvalue weighted by Gasteiger charge is -2.31. The van der Waals surface area contributed by atoms with Gasteiger partial charge in [0.1, 0.15) is 0 Å². The highest BCUT2D eigenvalue weighted by atomic mass is 32.2. The minimum Gasteiger partial charge on any atom is -0.259 e. The van der Waals surface area contributed by atoms with Crippen LogP contribution in [0.25, 0.3) is 0 Å². The van der Waals surface area contributed by atoms with Crippen LogP contribution in [0.3, 0.4) is 0 Å². The average molecular weight is 244 g/mol. The molecular formula is C14H28OS. The summed E-state index contributed by atoms with van der Waals surface area (Å²) >= 11 is 0. The summed E-state index contributed by atoms with van der Waals surface area (Å²) in [7, 11) is -0.620. The van der Waals surface area contributed by atoms with Crippen LogP contribution >= 0.6 is 0 Å². The van der Waals surface area contributed by atoms with Crippen LogP contribution < -0.4 is 0 Å². The van der Waals surface area contributed by atoms with Gasteiger partial charge in [-0.05, 0) is 36.0 Å². The van der Waals surface area contributed by atoms with Gasteiger partial charge >= 0.3 is 0 Å². The second-order valence-corrected chi connectivity index (χ2v) is 9.11. The third-order valence-electron chi connectivity index (χ3n) is 3.95. The molecule has 96 valence electrons. The van der Waals surface area contributed by atoms with Crippen LogP contribution in [0, 0.1) is 16.7 Å². The number of hydrogen-bond donors (Lipinski definition) is 0. The molecule has 2 heteroatoms. The molecule has 1 saturated heterocycles. The fourth-order valence-electron chi connectivity index (χ4n) is 2.72. The van der Waals surface area contributed by atoms with E-state index in [0.717, 1.165) is 24.5 Å². The topological polar surface area (TPSA) is 17.1 Å². The Hall–Kier alpha value is 0.150. The van der Waals surface area contributed by atoms with E-state index in [1.165, 1.54) is 6.42 Å². The van der Waals surface area contributed by atoms with Crippen molar-refractivity contribution in [1.29, 1.82) is 0 Å². The van der Waals surface area contributed by atoms with E-state index in [1.807, 2.05) is 0 Å². The van der Waals surface area contributed by atoms with E-state index >= 15 is 0 Å². The van der Waals surface area contributed by atoms with Crippen LogP contribution in [-0.2, 0) is 10.8 Å². The van der Waals surface area contributed by atoms with Crippen molar-refractivity contribution in [2.45, 2.75) is 66.1 Å². The molecule has 1 nitrogen and oxygen atoms in total. The predicted octanol–water partition coefficient (Wildman–Crippen LogP) is 4.00. The molecule has 1 heterocycles. The molecule has 0 saturated carbocycles. The van der Waals surface area contributed by atoms with Crippen molar-refractivity contribution in [3.63, 3.8) is 0 Å². The summed E-state index contributed by atoms with van der Waals surface area (Å²) in [4.78, 5) is 0. The third kappa shape index (κ3) is 3.58. The smallest absolute Gasteiger partial charge is 0.0396 e. The van der Waals surface area contributed by atoms with Gasteiger partial charge in [-0.25, -0.2) is 0 Å². The fraction of sp³-hybridized carbons (Fsp3) is 1.00. The molecule has 1 rings (SSSR count). The molecule has 1 aliphatic heterocycles. The lowest BCUT2D eigenvalue weighted by Crippen LogP contribution is -2.31. The van der Waals surface area contributed by atoms with Crippen LogP contribution in [-0.4, -0.2) is 15.2 Å². The Morgan fingerprint density at radius 1 is 0.875 bits per heavy atom. The molecule has 0 N–H and O–H groups in total. The van der Waals surface area contributed by atoms with Crippen molar-refractivity contribution >= 4 is 10.8 Å². The van der Waals surface area contributed by atoms with Crippen LogP contribution in [0.2, 0.25) is 0 Å². The zero-order chi connectivity index (χ0) is 12.6. The van der Waals surface area contributed by atoms with Gasteiger partial charge in [0.15, 0.2) is 0 Å². The van der Waals surface area contributed by atoms with Gasteiger partial charge in [-0.1, -0.05) is 41.5 Å². The molecule has 0 aromatic carbocycles. The Kier molecular flexibility index (Phi) is 4.26. The SMILES string of the molecule is CC(C)(C)C1CCC(C(C)(C)C)S(=O)CC1. The number of rotatable bonds is 0. The van der Waals surface area contributed by atoms with E-state index in [1.54, 1.807) is 0 Å². The first kappa shape index (κ1) is 14.2. The van der Waals surface area contributed by atoms with Crippen LogP contribution in [0.4, 0.5) is 0 Å². The second kappa shape index (κ2) is 4.80. The van der Waals surface area contributed by atoms with Crippen molar-refractivity contribution in [1.82, 2.24) is 0 Å². The molecule has 0 aromatic heterocycles. The lowest BCUT2D eigenvalue weighted by molar-refractivity contribution is 0.212. The summed E-state index contributed by atoms with van der Waals surface area (Å²) in [6.07, 6.45) is 3.53. The number of hydrogen-bond acceptors (Lipinski definition) is 1. The summed E-state index contributed by atoms with van der Waals surface area (Å²) < 4.78 is 12.2. The van der Waals surface area contributed by atoms with E-state index in [0.29, 0.717) is 10.7 Å². The summed E-state index contributed by atoms with van der Waals surface area (Å²) in [5, 5.41) is 0.389. The molecule has 0 aromatic rings. The Morgan fingerprint density at radius 2 is 1.44 bits per heavy atom. The van der Waals surface area contributed by atoms with Crippen LogP contribution in [0.1, 0.15) is 60.8 Å². The average Bonchev–Trinajstić information content (AvgIpc) is 2.23. The van der Waals surface area contributed by atoms with E-state index in [4.69, 9.17) is 0 Å². The maximum atomic E-state index is 12.2. The van der Waals surface area contributed by atoms with Gasteiger partial charge in [0.2, 0.25) is 0 Å². The molecule has 0 radical (unpaired) electrons. The first-order valence-corrected chi connectivity index (χ1v) is 7.88. The van der Waals surface area contributed by atoms with Gasteiger partial charge in [0, 0.05) is 21.8 Å². The first-order chi connectivity index (χ1) is 7.12. The zero-order valence-corrected chi connectivity index (χ0v) is 12.6. The van der Waals surface area contributed by atoms with Gasteiger partial charge in [-0.3, -0.25) is 4.21 Å². The van der Waals surface area contributed by atoms with E-state index in [2.05, 4.69) is 41.5 Å². The minimum atomic E-state index is -0.620. The van der Waals surface area contributed by atoms with E-state index in [9.17, 15) is 4.21 Å². The molecule has 0 bridgehead atoms. The van der Waals surface area contributed by atoms with Gasteiger partial charge in [0.25, 0.3) is 0 Å². The standard InChI is InChI=1S/C14H28OS/c1-13(2,3)11-7-8-12(14(4,5)6)16(15)10-9-11/h11-12H,7-10H2,1-6H3. The molecule has 1 fully saturated rings. The highest BCUT2D eigenvalue weighted by molar-refractivity contribution is 7.85. The lowest BCUT2D eigenvalue weighted by atomic mass is 9.75. The van der Waals surface area contributed by atoms with Crippen molar-refractivity contribution in [3.05, 3.63) is 0 Å². The maximum absolute atomic E-state index is 12.2. The molecule has 0 aliphatic carbocycles. The highest BCUT2D eigenvalue weighted by Crippen LogP contribution is 2.39. The first-order valence-electron chi connectivity index (χ1n) is 6.49. The normalized spacial score (nSPS) is 33.5. The molecule has 16 heavy (non-hydrogen) atoms. The summed E-state index contributed by atoms with van der Waals surface area (Å²) in [5.41, 5.74) is 0.564. The molecule has 3 atom stereocenters. The molecule has 0 spiro atoms. The minimum absolute atomic E-state index is 0.192. The Morgan fingerprint density at radius 3 is 1.88 bits per heavy atom. The quantitative estimate of drug-likeness (QED) is 0.629. The van der Waals surface area contributed by atoms with Crippen LogP contribution in [0.15, 0.2) is 0 Å². The maximum Gasteiger partial charge on any atom is 0.0396 e. The van der Waals surface area contributed by atoms with Crippen molar-refractivity contribution in [3.8, 4) is 0 Å². The zero-order valence-electron chi connectivity index (χ0n) is 11.8. The van der Waals surface area contributed by atoms with Gasteiger partial charge in [0.05, 0.1) is 0 Å². The molecule has 1 aliphatic rings. The molecule has 3 unspecified atom stereocenters. The predicted molar refractivity (Wildman–Crippen MR) is 73.0 cm³/mol. The third-order valence-corrected chi connectivity index (χ3v) is 6.17. The van der Waals surface area contributed by atoms with Crippen molar-refractivity contribution in [2.24, 2.45) is 16.7 Å². The highest BCUT2D eigenvalue weighted by Gasteiger charge is 2.35. The summed E-state index contributed by atoms with van der Waals surface area (Å²) in [6.45, 7) is 13.6. The molecular weight excluding hydrogens is 216 g/mol. The Bertz CT molecular complexity index is 257. The summed E-state index contributed by atoms with van der Waals surface area (Å²) in [5.74, 6) is 1.65. The second-order valence-electron chi connectivity index (χ2n) is 7.37. The van der Waals surface area contributed by atoms with Gasteiger partial charge in [-0.15, -0.1) is 0 Å². The van der Waals surface area contributed by atoms with Gasteiger partial charge < -0.3 is 0 Å². The molecule has 0 amide bonds. The van der Waals surface area contributed by atoms with Crippen LogP contribution in [0.5, 0.6) is 0 Å². The summed E-state index contributed by atoms with van der Waals surface area (Å²) in [6, 6.07) is 0.